The molecule has 0 saturated heterocycles. The van der Waals surface area contributed by atoms with E-state index in [9.17, 15) is 4.79 Å². The lowest BCUT2D eigenvalue weighted by atomic mass is 9.94. The number of nitrogens with zero attached hydrogens (tertiary/aromatic N) is 1. The molecule has 8 nitrogen and oxygen atoms in total. The lowest BCUT2D eigenvalue weighted by Crippen LogP contribution is -2.02. The van der Waals surface area contributed by atoms with Crippen molar-refractivity contribution in [2.24, 2.45) is 0 Å². The van der Waals surface area contributed by atoms with Gasteiger partial charge in [-0.3, -0.25) is 0 Å². The fourth-order valence-electron chi connectivity index (χ4n) is 3.76. The van der Waals surface area contributed by atoms with E-state index in [1.807, 2.05) is 12.1 Å². The number of rotatable bonds is 4. The van der Waals surface area contributed by atoms with Crippen molar-refractivity contribution in [3.05, 3.63) is 35.5 Å². The van der Waals surface area contributed by atoms with Crippen LogP contribution in [0.25, 0.3) is 22.0 Å². The van der Waals surface area contributed by atoms with Crippen LogP contribution in [0.4, 0.5) is 0 Å². The van der Waals surface area contributed by atoms with Crippen molar-refractivity contribution in [2.45, 2.75) is 6.61 Å². The minimum Gasteiger partial charge on any atom is -0.493 e. The molecule has 0 bridgehead atoms. The van der Waals surface area contributed by atoms with Crippen LogP contribution in [0.3, 0.4) is 0 Å². The number of methoxy groups -OCH3 is 3. The highest BCUT2D eigenvalue weighted by molar-refractivity contribution is 6.10. The second-order valence-electron chi connectivity index (χ2n) is 6.52. The first kappa shape index (κ1) is 17.4. The molecular formula is C21H17NO7. The van der Waals surface area contributed by atoms with Crippen molar-refractivity contribution in [3.63, 3.8) is 0 Å². The van der Waals surface area contributed by atoms with Crippen molar-refractivity contribution in [1.29, 1.82) is 0 Å². The predicted molar refractivity (Wildman–Crippen MR) is 102 cm³/mol. The maximum absolute atomic E-state index is 12.6. The Morgan fingerprint density at radius 3 is 2.21 bits per heavy atom. The Labute approximate surface area is 165 Å². The number of fused-ring (bicyclic) bond motifs is 3. The SMILES string of the molecule is COc1cc(-c2c3c(nc4cc5c(cc24)OCO5)COC3=O)cc(OC)c1OC. The van der Waals surface area contributed by atoms with E-state index in [0.29, 0.717) is 56.6 Å². The summed E-state index contributed by atoms with van der Waals surface area (Å²) in [4.78, 5) is 17.2. The van der Waals surface area contributed by atoms with Gasteiger partial charge in [0.25, 0.3) is 0 Å². The Bertz CT molecular complexity index is 1150. The molecule has 0 fully saturated rings. The number of aromatic nitrogens is 1. The zero-order valence-electron chi connectivity index (χ0n) is 16.0. The van der Waals surface area contributed by atoms with Crippen molar-refractivity contribution in [2.75, 3.05) is 28.1 Å². The Hall–Kier alpha value is -3.68. The molecule has 2 aromatic carbocycles. The molecule has 3 aromatic rings. The van der Waals surface area contributed by atoms with Gasteiger partial charge < -0.3 is 28.4 Å². The van der Waals surface area contributed by atoms with Gasteiger partial charge in [0.05, 0.1) is 38.1 Å². The van der Waals surface area contributed by atoms with Crippen molar-refractivity contribution in [3.8, 4) is 39.9 Å². The summed E-state index contributed by atoms with van der Waals surface area (Å²) >= 11 is 0. The van der Waals surface area contributed by atoms with Gasteiger partial charge in [0.1, 0.15) is 6.61 Å². The predicted octanol–water partition coefficient (Wildman–Crippen LogP) is 3.33. The van der Waals surface area contributed by atoms with Crippen LogP contribution in [0, 0.1) is 0 Å². The fraction of sp³-hybridized carbons (Fsp3) is 0.238. The van der Waals surface area contributed by atoms with Crippen LogP contribution in [-0.4, -0.2) is 39.1 Å². The average molecular weight is 395 g/mol. The van der Waals surface area contributed by atoms with E-state index in [2.05, 4.69) is 4.98 Å². The van der Waals surface area contributed by atoms with E-state index in [0.717, 1.165) is 5.39 Å². The third kappa shape index (κ3) is 2.52. The summed E-state index contributed by atoms with van der Waals surface area (Å²) in [5, 5.41) is 0.737. The number of carbonyl (C=O) groups excluding carboxylic acids is 1. The molecule has 148 valence electrons. The molecule has 1 aromatic heterocycles. The molecule has 0 atom stereocenters. The number of esters is 1. The van der Waals surface area contributed by atoms with E-state index in [-0.39, 0.29) is 13.4 Å². The largest absolute Gasteiger partial charge is 0.493 e. The highest BCUT2D eigenvalue weighted by atomic mass is 16.7. The first-order valence-electron chi connectivity index (χ1n) is 8.88. The van der Waals surface area contributed by atoms with Gasteiger partial charge in [0.2, 0.25) is 12.5 Å². The van der Waals surface area contributed by atoms with E-state index in [4.69, 9.17) is 28.4 Å². The molecule has 0 aliphatic carbocycles. The number of cyclic esters (lactones) is 1. The van der Waals surface area contributed by atoms with Crippen LogP contribution < -0.4 is 23.7 Å². The summed E-state index contributed by atoms with van der Waals surface area (Å²) in [5.74, 6) is 2.22. The Morgan fingerprint density at radius 2 is 1.55 bits per heavy atom. The van der Waals surface area contributed by atoms with Gasteiger partial charge in [-0.2, -0.15) is 0 Å². The summed E-state index contributed by atoms with van der Waals surface area (Å²) in [6, 6.07) is 7.23. The third-order valence-corrected chi connectivity index (χ3v) is 5.05. The quantitative estimate of drug-likeness (QED) is 0.622. The molecule has 0 radical (unpaired) electrons. The monoisotopic (exact) mass is 395 g/mol. The smallest absolute Gasteiger partial charge is 0.341 e. The molecule has 8 heteroatoms. The Balaban J connectivity index is 1.87. The number of hydrogen-bond donors (Lipinski definition) is 0. The van der Waals surface area contributed by atoms with Crippen LogP contribution in [0.1, 0.15) is 16.1 Å². The molecule has 2 aliphatic heterocycles. The minimum absolute atomic E-state index is 0.121. The lowest BCUT2D eigenvalue weighted by molar-refractivity contribution is 0.0534. The van der Waals surface area contributed by atoms with Crippen LogP contribution in [0.2, 0.25) is 0 Å². The van der Waals surface area contributed by atoms with Gasteiger partial charge in [0.15, 0.2) is 23.0 Å². The van der Waals surface area contributed by atoms with Crippen molar-refractivity contribution in [1.82, 2.24) is 4.98 Å². The summed E-state index contributed by atoms with van der Waals surface area (Å²) in [5.41, 5.74) is 3.05. The molecule has 29 heavy (non-hydrogen) atoms. The zero-order valence-corrected chi connectivity index (χ0v) is 16.0. The lowest BCUT2D eigenvalue weighted by Gasteiger charge is -2.16. The highest BCUT2D eigenvalue weighted by Crippen LogP contribution is 2.46. The van der Waals surface area contributed by atoms with Gasteiger partial charge in [-0.05, 0) is 23.8 Å². The van der Waals surface area contributed by atoms with Crippen molar-refractivity contribution >= 4 is 16.9 Å². The molecule has 3 heterocycles. The molecule has 0 unspecified atom stereocenters. The van der Waals surface area contributed by atoms with Gasteiger partial charge in [-0.25, -0.2) is 9.78 Å². The van der Waals surface area contributed by atoms with Crippen molar-refractivity contribution < 1.29 is 33.2 Å². The van der Waals surface area contributed by atoms with Gasteiger partial charge in [-0.1, -0.05) is 0 Å². The maximum Gasteiger partial charge on any atom is 0.341 e. The highest BCUT2D eigenvalue weighted by Gasteiger charge is 2.31. The summed E-state index contributed by atoms with van der Waals surface area (Å²) in [6.07, 6.45) is 0. The number of hydrogen-bond acceptors (Lipinski definition) is 8. The first-order chi connectivity index (χ1) is 14.1. The molecule has 0 saturated carbocycles. The number of pyridine rings is 1. The Morgan fingerprint density at radius 1 is 0.862 bits per heavy atom. The van der Waals surface area contributed by atoms with Gasteiger partial charge >= 0.3 is 5.97 Å². The molecular weight excluding hydrogens is 378 g/mol. The van der Waals surface area contributed by atoms with Gasteiger partial charge in [0, 0.05) is 17.0 Å². The van der Waals surface area contributed by atoms with E-state index in [1.54, 1.807) is 26.4 Å². The summed E-state index contributed by atoms with van der Waals surface area (Å²) in [6.45, 7) is 0.267. The minimum atomic E-state index is -0.421. The van der Waals surface area contributed by atoms with E-state index in [1.165, 1.54) is 7.11 Å². The zero-order chi connectivity index (χ0) is 20.1. The second kappa shape index (κ2) is 6.44. The third-order valence-electron chi connectivity index (χ3n) is 5.05. The van der Waals surface area contributed by atoms with E-state index >= 15 is 0 Å². The number of benzene rings is 2. The standard InChI is InChI=1S/C21H17NO7/c1-24-16-4-10(5-17(25-2)20(16)26-3)18-11-6-14-15(29-9-28-14)7-12(11)22-13-8-27-21(23)19(13)18/h4-7H,8-9H2,1-3H3. The average Bonchev–Trinajstić information content (AvgIpc) is 3.35. The Kier molecular flexibility index (Phi) is 3.87. The fourth-order valence-corrected chi connectivity index (χ4v) is 3.76. The first-order valence-corrected chi connectivity index (χ1v) is 8.88. The van der Waals surface area contributed by atoms with Crippen LogP contribution in [0.5, 0.6) is 28.7 Å². The van der Waals surface area contributed by atoms with Crippen LogP contribution in [-0.2, 0) is 11.3 Å². The maximum atomic E-state index is 12.6. The van der Waals surface area contributed by atoms with Crippen LogP contribution in [0.15, 0.2) is 24.3 Å². The molecule has 0 N–H and O–H groups in total. The van der Waals surface area contributed by atoms with Crippen LogP contribution >= 0.6 is 0 Å². The second-order valence-corrected chi connectivity index (χ2v) is 6.52. The molecule has 5 rings (SSSR count). The molecule has 0 spiro atoms. The van der Waals surface area contributed by atoms with E-state index < -0.39 is 5.97 Å². The van der Waals surface area contributed by atoms with Gasteiger partial charge in [-0.15, -0.1) is 0 Å². The molecule has 0 amide bonds. The molecule has 2 aliphatic rings. The number of carbonyl (C=O) groups is 1. The summed E-state index contributed by atoms with van der Waals surface area (Å²) < 4.78 is 32.7. The number of ether oxygens (including phenoxy) is 6. The summed E-state index contributed by atoms with van der Waals surface area (Å²) in [7, 11) is 4.63. The normalized spacial score (nSPS) is 14.0. The topological polar surface area (TPSA) is 85.3 Å².